The van der Waals surface area contributed by atoms with E-state index in [2.05, 4.69) is 20.0 Å². The Kier molecular flexibility index (Phi) is 5.55. The number of aryl methyl sites for hydroxylation is 2. The molecule has 0 bridgehead atoms. The van der Waals surface area contributed by atoms with E-state index in [4.69, 9.17) is 0 Å². The van der Waals surface area contributed by atoms with Gasteiger partial charge in [-0.25, -0.2) is 9.97 Å². The standard InChI is InChI=1S/C19H18N4O4/c1-27-15(24)12-21-18(25)16-19(26)23(11-9-13-6-3-2-4-7-13)17-14(22-16)8-5-10-20-17/h2-8,10H,9,11-12H2,1H3,(H,21,25). The van der Waals surface area contributed by atoms with Crippen LogP contribution < -0.4 is 10.9 Å². The van der Waals surface area contributed by atoms with Crippen LogP contribution in [0.15, 0.2) is 53.5 Å². The first-order valence-electron chi connectivity index (χ1n) is 8.34. The summed E-state index contributed by atoms with van der Waals surface area (Å²) in [5.74, 6) is -1.35. The molecule has 1 N–H and O–H groups in total. The topological polar surface area (TPSA) is 103 Å². The summed E-state index contributed by atoms with van der Waals surface area (Å²) >= 11 is 0. The number of hydrogen-bond donors (Lipinski definition) is 1. The van der Waals surface area contributed by atoms with Gasteiger partial charge in [0.25, 0.3) is 11.5 Å². The molecule has 138 valence electrons. The van der Waals surface area contributed by atoms with Gasteiger partial charge in [-0.1, -0.05) is 30.3 Å². The van der Waals surface area contributed by atoms with Crippen molar-refractivity contribution in [3.63, 3.8) is 0 Å². The molecule has 0 aliphatic carbocycles. The number of aromatic nitrogens is 3. The van der Waals surface area contributed by atoms with E-state index in [0.29, 0.717) is 24.1 Å². The Balaban J connectivity index is 1.96. The third kappa shape index (κ3) is 4.17. The molecule has 27 heavy (non-hydrogen) atoms. The molecular weight excluding hydrogens is 348 g/mol. The van der Waals surface area contributed by atoms with E-state index in [0.717, 1.165) is 5.56 Å². The predicted octanol–water partition coefficient (Wildman–Crippen LogP) is 0.937. The molecule has 0 aliphatic heterocycles. The van der Waals surface area contributed by atoms with Crippen LogP contribution in [0.25, 0.3) is 11.2 Å². The van der Waals surface area contributed by atoms with Crippen LogP contribution in [-0.4, -0.2) is 40.1 Å². The lowest BCUT2D eigenvalue weighted by Gasteiger charge is -2.11. The number of carbonyl (C=O) groups excluding carboxylic acids is 2. The van der Waals surface area contributed by atoms with Gasteiger partial charge in [-0.15, -0.1) is 0 Å². The highest BCUT2D eigenvalue weighted by atomic mass is 16.5. The second-order valence-electron chi connectivity index (χ2n) is 5.76. The Morgan fingerprint density at radius 2 is 1.93 bits per heavy atom. The molecule has 0 atom stereocenters. The quantitative estimate of drug-likeness (QED) is 0.651. The summed E-state index contributed by atoms with van der Waals surface area (Å²) < 4.78 is 5.91. The van der Waals surface area contributed by atoms with E-state index in [1.807, 2.05) is 30.3 Å². The molecule has 0 radical (unpaired) electrons. The van der Waals surface area contributed by atoms with Crippen molar-refractivity contribution in [2.75, 3.05) is 13.7 Å². The molecule has 0 spiro atoms. The number of carbonyl (C=O) groups is 2. The lowest BCUT2D eigenvalue weighted by atomic mass is 10.1. The van der Waals surface area contributed by atoms with Gasteiger partial charge in [0.15, 0.2) is 11.3 Å². The Hall–Kier alpha value is -3.55. The maximum Gasteiger partial charge on any atom is 0.325 e. The third-order valence-corrected chi connectivity index (χ3v) is 4.00. The number of pyridine rings is 1. The number of amides is 1. The van der Waals surface area contributed by atoms with Crippen molar-refractivity contribution in [3.8, 4) is 0 Å². The van der Waals surface area contributed by atoms with Crippen LogP contribution in [0, 0.1) is 0 Å². The summed E-state index contributed by atoms with van der Waals surface area (Å²) in [6.45, 7) is 0.00169. The maximum absolute atomic E-state index is 12.8. The minimum absolute atomic E-state index is 0.285. The molecule has 0 fully saturated rings. The van der Waals surface area contributed by atoms with E-state index in [-0.39, 0.29) is 12.2 Å². The van der Waals surface area contributed by atoms with Crippen LogP contribution in [0.2, 0.25) is 0 Å². The van der Waals surface area contributed by atoms with E-state index in [1.54, 1.807) is 18.3 Å². The summed E-state index contributed by atoms with van der Waals surface area (Å²) in [6, 6.07) is 13.1. The molecule has 8 heteroatoms. The zero-order valence-corrected chi connectivity index (χ0v) is 14.7. The molecule has 0 saturated carbocycles. The monoisotopic (exact) mass is 366 g/mol. The SMILES string of the molecule is COC(=O)CNC(=O)c1nc2cccnc2n(CCc2ccccc2)c1=O. The Labute approximate surface area is 154 Å². The van der Waals surface area contributed by atoms with Crippen LogP contribution in [-0.2, 0) is 22.5 Å². The van der Waals surface area contributed by atoms with Gasteiger partial charge in [0.2, 0.25) is 0 Å². The number of benzene rings is 1. The molecule has 1 amide bonds. The number of nitrogens with zero attached hydrogens (tertiary/aromatic N) is 3. The number of fused-ring (bicyclic) bond motifs is 1. The number of methoxy groups -OCH3 is 1. The third-order valence-electron chi connectivity index (χ3n) is 4.00. The lowest BCUT2D eigenvalue weighted by Crippen LogP contribution is -2.37. The number of rotatable bonds is 6. The van der Waals surface area contributed by atoms with Crippen molar-refractivity contribution in [2.24, 2.45) is 0 Å². The van der Waals surface area contributed by atoms with Crippen LogP contribution in [0.1, 0.15) is 16.1 Å². The fraction of sp³-hybridized carbons (Fsp3) is 0.211. The second kappa shape index (κ2) is 8.22. The number of esters is 1. The van der Waals surface area contributed by atoms with E-state index in [9.17, 15) is 14.4 Å². The Morgan fingerprint density at radius 1 is 1.15 bits per heavy atom. The average molecular weight is 366 g/mol. The predicted molar refractivity (Wildman–Crippen MR) is 98.3 cm³/mol. The van der Waals surface area contributed by atoms with Gasteiger partial charge in [-0.05, 0) is 24.1 Å². The second-order valence-corrected chi connectivity index (χ2v) is 5.76. The maximum atomic E-state index is 12.8. The van der Waals surface area contributed by atoms with Crippen molar-refractivity contribution in [2.45, 2.75) is 13.0 Å². The smallest absolute Gasteiger partial charge is 0.325 e. The van der Waals surface area contributed by atoms with Gasteiger partial charge in [0.05, 0.1) is 7.11 Å². The van der Waals surface area contributed by atoms with Crippen LogP contribution in [0.3, 0.4) is 0 Å². The van der Waals surface area contributed by atoms with Crippen molar-refractivity contribution in [1.82, 2.24) is 19.9 Å². The van der Waals surface area contributed by atoms with Crippen molar-refractivity contribution < 1.29 is 14.3 Å². The normalized spacial score (nSPS) is 10.6. The van der Waals surface area contributed by atoms with Gasteiger partial charge >= 0.3 is 5.97 Å². The molecule has 2 heterocycles. The molecule has 0 saturated heterocycles. The summed E-state index contributed by atoms with van der Waals surface area (Å²) in [4.78, 5) is 44.8. The zero-order valence-electron chi connectivity index (χ0n) is 14.7. The summed E-state index contributed by atoms with van der Waals surface area (Å²) in [7, 11) is 1.21. The molecule has 3 aromatic rings. The summed E-state index contributed by atoms with van der Waals surface area (Å²) in [5, 5.41) is 2.35. The van der Waals surface area contributed by atoms with Gasteiger partial charge in [0.1, 0.15) is 12.1 Å². The van der Waals surface area contributed by atoms with Gasteiger partial charge < -0.3 is 10.1 Å². The first-order valence-corrected chi connectivity index (χ1v) is 8.34. The van der Waals surface area contributed by atoms with E-state index < -0.39 is 17.4 Å². The minimum atomic E-state index is -0.732. The average Bonchev–Trinajstić information content (AvgIpc) is 2.71. The Morgan fingerprint density at radius 3 is 2.67 bits per heavy atom. The summed E-state index contributed by atoms with van der Waals surface area (Å²) in [6.07, 6.45) is 2.17. The highest BCUT2D eigenvalue weighted by Crippen LogP contribution is 2.09. The lowest BCUT2D eigenvalue weighted by molar-refractivity contribution is -0.139. The molecule has 2 aromatic heterocycles. The van der Waals surface area contributed by atoms with Gasteiger partial charge in [0, 0.05) is 12.7 Å². The minimum Gasteiger partial charge on any atom is -0.468 e. The van der Waals surface area contributed by atoms with E-state index >= 15 is 0 Å². The highest BCUT2D eigenvalue weighted by Gasteiger charge is 2.18. The first kappa shape index (κ1) is 18.2. The largest absolute Gasteiger partial charge is 0.468 e. The molecular formula is C19H18N4O4. The van der Waals surface area contributed by atoms with E-state index in [1.165, 1.54) is 11.7 Å². The van der Waals surface area contributed by atoms with Crippen molar-refractivity contribution >= 4 is 23.0 Å². The van der Waals surface area contributed by atoms with Crippen LogP contribution in [0.4, 0.5) is 0 Å². The fourth-order valence-electron chi connectivity index (χ4n) is 2.63. The molecule has 0 unspecified atom stereocenters. The van der Waals surface area contributed by atoms with Crippen LogP contribution in [0.5, 0.6) is 0 Å². The zero-order chi connectivity index (χ0) is 19.2. The molecule has 3 rings (SSSR count). The number of hydrogen-bond acceptors (Lipinski definition) is 6. The summed E-state index contributed by atoms with van der Waals surface area (Å²) in [5.41, 5.74) is 1.05. The van der Waals surface area contributed by atoms with Crippen molar-refractivity contribution in [1.29, 1.82) is 0 Å². The number of nitrogens with one attached hydrogen (secondary N) is 1. The van der Waals surface area contributed by atoms with Gasteiger partial charge in [-0.3, -0.25) is 19.0 Å². The fourth-order valence-corrected chi connectivity index (χ4v) is 2.63. The Bertz CT molecular complexity index is 1030. The van der Waals surface area contributed by atoms with Crippen LogP contribution >= 0.6 is 0 Å². The van der Waals surface area contributed by atoms with Crippen molar-refractivity contribution in [3.05, 3.63) is 70.3 Å². The molecule has 0 aliphatic rings. The first-order chi connectivity index (χ1) is 13.1. The molecule has 8 nitrogen and oxygen atoms in total. The number of ether oxygens (including phenoxy) is 1. The molecule has 1 aromatic carbocycles. The highest BCUT2D eigenvalue weighted by molar-refractivity contribution is 5.95. The van der Waals surface area contributed by atoms with Gasteiger partial charge in [-0.2, -0.15) is 0 Å².